The molecule has 3 nitrogen and oxygen atoms in total. The average Bonchev–Trinajstić information content (AvgIpc) is 2.35. The van der Waals surface area contributed by atoms with Crippen molar-refractivity contribution in [3.05, 3.63) is 22.6 Å². The number of rotatable bonds is 3. The lowest BCUT2D eigenvalue weighted by Crippen LogP contribution is -2.21. The Morgan fingerprint density at radius 3 is 2.91 bits per heavy atom. The zero-order valence-corrected chi connectivity index (χ0v) is 7.54. The summed E-state index contributed by atoms with van der Waals surface area (Å²) in [5, 5.41) is 9.12. The van der Waals surface area contributed by atoms with Crippen LogP contribution in [-0.4, -0.2) is 17.8 Å². The maximum atomic E-state index is 9.12. The van der Waals surface area contributed by atoms with E-state index < -0.39 is 6.10 Å². The number of nitrogens with two attached hydrogens (primary N) is 1. The van der Waals surface area contributed by atoms with E-state index in [-0.39, 0.29) is 6.54 Å². The van der Waals surface area contributed by atoms with Crippen molar-refractivity contribution in [2.24, 2.45) is 5.73 Å². The lowest BCUT2D eigenvalue weighted by molar-refractivity contribution is 0.175. The fourth-order valence-electron chi connectivity index (χ4n) is 0.776. The van der Waals surface area contributed by atoms with E-state index in [4.69, 9.17) is 15.3 Å². The van der Waals surface area contributed by atoms with Gasteiger partial charge >= 0.3 is 0 Å². The van der Waals surface area contributed by atoms with E-state index >= 15 is 0 Å². The van der Waals surface area contributed by atoms with Crippen molar-refractivity contribution < 1.29 is 9.52 Å². The van der Waals surface area contributed by atoms with Crippen LogP contribution >= 0.6 is 15.9 Å². The van der Waals surface area contributed by atoms with Crippen molar-refractivity contribution in [1.29, 1.82) is 0 Å². The number of aliphatic hydroxyl groups is 1. The summed E-state index contributed by atoms with van der Waals surface area (Å²) >= 11 is 3.24. The normalized spacial score (nSPS) is 13.4. The molecule has 1 heterocycles. The predicted octanol–water partition coefficient (Wildman–Crippen LogP) is 0.904. The quantitative estimate of drug-likeness (QED) is 0.795. The molecule has 1 rings (SSSR count). The first-order valence-corrected chi connectivity index (χ1v) is 4.12. The summed E-state index contributed by atoms with van der Waals surface area (Å²) in [6.45, 7) is 0.262. The fraction of sp³-hybridized carbons (Fsp3) is 0.429. The van der Waals surface area contributed by atoms with Crippen LogP contribution in [0.2, 0.25) is 0 Å². The highest BCUT2D eigenvalue weighted by Gasteiger charge is 2.05. The highest BCUT2D eigenvalue weighted by atomic mass is 79.9. The summed E-state index contributed by atoms with van der Waals surface area (Å²) in [7, 11) is 0. The second-order valence-electron chi connectivity index (χ2n) is 2.32. The van der Waals surface area contributed by atoms with E-state index in [0.717, 1.165) is 10.2 Å². The van der Waals surface area contributed by atoms with E-state index in [2.05, 4.69) is 15.9 Å². The zero-order chi connectivity index (χ0) is 8.27. The van der Waals surface area contributed by atoms with Gasteiger partial charge in [-0.15, -0.1) is 0 Å². The molecule has 1 unspecified atom stereocenters. The topological polar surface area (TPSA) is 59.4 Å². The SMILES string of the molecule is NCC(O)Cc1cc(Br)co1. The molecule has 3 N–H and O–H groups in total. The first-order chi connectivity index (χ1) is 5.22. The van der Waals surface area contributed by atoms with Gasteiger partial charge in [-0.3, -0.25) is 0 Å². The van der Waals surface area contributed by atoms with Gasteiger partial charge < -0.3 is 15.3 Å². The van der Waals surface area contributed by atoms with Gasteiger partial charge in [-0.05, 0) is 22.0 Å². The van der Waals surface area contributed by atoms with Crippen LogP contribution in [0.5, 0.6) is 0 Å². The molecule has 1 aromatic rings. The Bertz CT molecular complexity index is 224. The summed E-state index contributed by atoms with van der Waals surface area (Å²) in [6, 6.07) is 1.82. The Morgan fingerprint density at radius 1 is 1.73 bits per heavy atom. The van der Waals surface area contributed by atoms with Crippen molar-refractivity contribution in [3.63, 3.8) is 0 Å². The lowest BCUT2D eigenvalue weighted by atomic mass is 10.2. The molecule has 0 bridgehead atoms. The molecule has 4 heteroatoms. The molecule has 0 aliphatic rings. The standard InChI is InChI=1S/C7H10BrNO2/c8-5-1-7(11-4-5)2-6(10)3-9/h1,4,6,10H,2-3,9H2. The summed E-state index contributed by atoms with van der Waals surface area (Å²) in [6.07, 6.45) is 1.55. The number of halogens is 1. The van der Waals surface area contributed by atoms with E-state index in [1.165, 1.54) is 0 Å². The highest BCUT2D eigenvalue weighted by molar-refractivity contribution is 9.10. The molecule has 0 saturated heterocycles. The molecule has 0 fully saturated rings. The minimum atomic E-state index is -0.506. The molecule has 0 saturated carbocycles. The monoisotopic (exact) mass is 219 g/mol. The van der Waals surface area contributed by atoms with Gasteiger partial charge in [0, 0.05) is 13.0 Å². The summed E-state index contributed by atoms with van der Waals surface area (Å²) in [5.41, 5.74) is 5.22. The number of hydrogen-bond acceptors (Lipinski definition) is 3. The molecule has 0 aromatic carbocycles. The van der Waals surface area contributed by atoms with E-state index in [1.807, 2.05) is 6.07 Å². The Hall–Kier alpha value is -0.320. The van der Waals surface area contributed by atoms with Crippen molar-refractivity contribution in [2.45, 2.75) is 12.5 Å². The Balaban J connectivity index is 2.50. The molecule has 0 radical (unpaired) electrons. The van der Waals surface area contributed by atoms with Crippen LogP contribution in [0.1, 0.15) is 5.76 Å². The maximum Gasteiger partial charge on any atom is 0.107 e. The van der Waals surface area contributed by atoms with Crippen molar-refractivity contribution in [3.8, 4) is 0 Å². The van der Waals surface area contributed by atoms with Crippen LogP contribution in [0.4, 0.5) is 0 Å². The average molecular weight is 220 g/mol. The van der Waals surface area contributed by atoms with Gasteiger partial charge in [0.25, 0.3) is 0 Å². The Kier molecular flexibility index (Phi) is 3.11. The molecular formula is C7H10BrNO2. The summed E-state index contributed by atoms with van der Waals surface area (Å²) in [4.78, 5) is 0. The molecule has 1 aromatic heterocycles. The fourth-order valence-corrected chi connectivity index (χ4v) is 1.13. The lowest BCUT2D eigenvalue weighted by Gasteiger charge is -2.02. The summed E-state index contributed by atoms with van der Waals surface area (Å²) in [5.74, 6) is 0.745. The molecule has 11 heavy (non-hydrogen) atoms. The van der Waals surface area contributed by atoms with Gasteiger partial charge in [0.15, 0.2) is 0 Å². The molecule has 0 aliphatic heterocycles. The van der Waals surface area contributed by atoms with Crippen molar-refractivity contribution in [1.82, 2.24) is 0 Å². The van der Waals surface area contributed by atoms with Gasteiger partial charge in [0.2, 0.25) is 0 Å². The Morgan fingerprint density at radius 2 is 2.45 bits per heavy atom. The molecule has 0 spiro atoms. The maximum absolute atomic E-state index is 9.12. The smallest absolute Gasteiger partial charge is 0.107 e. The molecular weight excluding hydrogens is 210 g/mol. The second kappa shape index (κ2) is 3.90. The van der Waals surface area contributed by atoms with Gasteiger partial charge in [-0.1, -0.05) is 0 Å². The third-order valence-corrected chi connectivity index (χ3v) is 1.75. The van der Waals surface area contributed by atoms with Gasteiger partial charge in [0.1, 0.15) is 12.0 Å². The first kappa shape index (κ1) is 8.77. The molecule has 62 valence electrons. The Labute approximate surface area is 73.3 Å². The van der Waals surface area contributed by atoms with Gasteiger partial charge in [0.05, 0.1) is 10.6 Å². The molecule has 0 aliphatic carbocycles. The van der Waals surface area contributed by atoms with Crippen LogP contribution in [0, 0.1) is 0 Å². The number of aliphatic hydroxyl groups excluding tert-OH is 1. The molecule has 0 amide bonds. The highest BCUT2D eigenvalue weighted by Crippen LogP contribution is 2.14. The zero-order valence-electron chi connectivity index (χ0n) is 5.96. The van der Waals surface area contributed by atoms with Crippen LogP contribution in [0.15, 0.2) is 21.2 Å². The third kappa shape index (κ3) is 2.65. The summed E-state index contributed by atoms with van der Waals surface area (Å²) < 4.78 is 5.96. The van der Waals surface area contributed by atoms with Crippen LogP contribution < -0.4 is 5.73 Å². The van der Waals surface area contributed by atoms with E-state index in [0.29, 0.717) is 6.42 Å². The molecule has 1 atom stereocenters. The third-order valence-electron chi connectivity index (χ3n) is 1.33. The predicted molar refractivity (Wildman–Crippen MR) is 45.2 cm³/mol. The largest absolute Gasteiger partial charge is 0.468 e. The first-order valence-electron chi connectivity index (χ1n) is 3.33. The van der Waals surface area contributed by atoms with Gasteiger partial charge in [-0.2, -0.15) is 0 Å². The van der Waals surface area contributed by atoms with E-state index in [9.17, 15) is 0 Å². The van der Waals surface area contributed by atoms with Crippen LogP contribution in [-0.2, 0) is 6.42 Å². The number of furan rings is 1. The van der Waals surface area contributed by atoms with Crippen molar-refractivity contribution in [2.75, 3.05) is 6.54 Å². The van der Waals surface area contributed by atoms with Crippen molar-refractivity contribution >= 4 is 15.9 Å². The minimum Gasteiger partial charge on any atom is -0.468 e. The second-order valence-corrected chi connectivity index (χ2v) is 3.24. The van der Waals surface area contributed by atoms with Gasteiger partial charge in [-0.25, -0.2) is 0 Å². The van der Waals surface area contributed by atoms with Crippen LogP contribution in [0.25, 0.3) is 0 Å². The number of hydrogen-bond donors (Lipinski definition) is 2. The minimum absolute atomic E-state index is 0.262. The van der Waals surface area contributed by atoms with E-state index in [1.54, 1.807) is 6.26 Å². The van der Waals surface area contributed by atoms with Crippen LogP contribution in [0.3, 0.4) is 0 Å².